The first kappa shape index (κ1) is 12.5. The molecule has 0 aliphatic carbocycles. The number of hydrogen-bond acceptors (Lipinski definition) is 3. The molecule has 0 unspecified atom stereocenters. The maximum atomic E-state index is 4.32. The molecule has 0 saturated heterocycles. The molecule has 0 radical (unpaired) electrons. The molecule has 3 nitrogen and oxygen atoms in total. The van der Waals surface area contributed by atoms with Crippen LogP contribution in [0.1, 0.15) is 6.92 Å². The van der Waals surface area contributed by atoms with Gasteiger partial charge in [-0.1, -0.05) is 6.07 Å². The molecule has 0 bridgehead atoms. The number of halogens is 1. The minimum Gasteiger partial charge on any atom is -0.325 e. The van der Waals surface area contributed by atoms with E-state index in [1.807, 2.05) is 36.5 Å². The predicted octanol–water partition coefficient (Wildman–Crippen LogP) is 3.06. The third-order valence-electron chi connectivity index (χ3n) is 2.20. The second-order valence-corrected chi connectivity index (χ2v) is 3.14. The number of anilines is 2. The number of rotatable bonds is 3. The second-order valence-electron chi connectivity index (χ2n) is 3.14. The summed E-state index contributed by atoms with van der Waals surface area (Å²) >= 11 is 0. The van der Waals surface area contributed by atoms with E-state index in [2.05, 4.69) is 21.8 Å². The molecular weight excluding hydrogens is 222 g/mol. The highest BCUT2D eigenvalue weighted by Crippen LogP contribution is 2.20. The fourth-order valence-electron chi connectivity index (χ4n) is 1.50. The predicted molar refractivity (Wildman–Crippen MR) is 68.4 cm³/mol. The van der Waals surface area contributed by atoms with Crippen LogP contribution in [-0.4, -0.2) is 16.5 Å². The van der Waals surface area contributed by atoms with Gasteiger partial charge < -0.3 is 4.90 Å². The van der Waals surface area contributed by atoms with Gasteiger partial charge in [0.05, 0.1) is 11.9 Å². The van der Waals surface area contributed by atoms with Gasteiger partial charge in [0.15, 0.2) is 0 Å². The zero-order valence-corrected chi connectivity index (χ0v) is 9.89. The molecule has 0 saturated carbocycles. The van der Waals surface area contributed by atoms with E-state index in [9.17, 15) is 0 Å². The monoisotopic (exact) mass is 235 g/mol. The normalized spacial score (nSPS) is 9.31. The summed E-state index contributed by atoms with van der Waals surface area (Å²) in [6.07, 6.45) is 5.42. The minimum absolute atomic E-state index is 0. The van der Waals surface area contributed by atoms with E-state index >= 15 is 0 Å². The Morgan fingerprint density at radius 1 is 1.12 bits per heavy atom. The van der Waals surface area contributed by atoms with E-state index in [0.29, 0.717) is 0 Å². The van der Waals surface area contributed by atoms with Crippen LogP contribution >= 0.6 is 12.4 Å². The molecule has 0 aliphatic heterocycles. The molecule has 2 rings (SSSR count). The van der Waals surface area contributed by atoms with E-state index < -0.39 is 0 Å². The maximum absolute atomic E-state index is 4.32. The van der Waals surface area contributed by atoms with Crippen molar-refractivity contribution >= 4 is 23.9 Å². The van der Waals surface area contributed by atoms with Crippen molar-refractivity contribution in [2.24, 2.45) is 0 Å². The van der Waals surface area contributed by atoms with Gasteiger partial charge in [-0.15, -0.1) is 12.4 Å². The molecule has 0 fully saturated rings. The van der Waals surface area contributed by atoms with E-state index in [1.165, 1.54) is 0 Å². The summed E-state index contributed by atoms with van der Waals surface area (Å²) in [5.74, 6) is 0.952. The fraction of sp³-hybridized carbons (Fsp3) is 0.167. The van der Waals surface area contributed by atoms with Gasteiger partial charge in [-0.05, 0) is 31.2 Å². The summed E-state index contributed by atoms with van der Waals surface area (Å²) in [4.78, 5) is 10.6. The van der Waals surface area contributed by atoms with Crippen LogP contribution in [0.4, 0.5) is 11.5 Å². The molecule has 84 valence electrons. The third-order valence-corrected chi connectivity index (χ3v) is 2.20. The lowest BCUT2D eigenvalue weighted by Gasteiger charge is -2.21. The van der Waals surface area contributed by atoms with Gasteiger partial charge in [-0.3, -0.25) is 4.98 Å². The van der Waals surface area contributed by atoms with Gasteiger partial charge in [-0.25, -0.2) is 4.98 Å². The lowest BCUT2D eigenvalue weighted by molar-refractivity contribution is 0.983. The van der Waals surface area contributed by atoms with Gasteiger partial charge in [0.1, 0.15) is 5.82 Å². The van der Waals surface area contributed by atoms with Crippen molar-refractivity contribution in [3.05, 3.63) is 48.9 Å². The summed E-state index contributed by atoms with van der Waals surface area (Å²) in [5.41, 5.74) is 1.07. The van der Waals surface area contributed by atoms with Crippen molar-refractivity contribution < 1.29 is 0 Å². The molecule has 16 heavy (non-hydrogen) atoms. The van der Waals surface area contributed by atoms with Crippen molar-refractivity contribution in [3.63, 3.8) is 0 Å². The minimum atomic E-state index is 0. The summed E-state index contributed by atoms with van der Waals surface area (Å²) < 4.78 is 0. The third kappa shape index (κ3) is 2.70. The topological polar surface area (TPSA) is 29.0 Å². The molecule has 2 aromatic heterocycles. The molecule has 0 aliphatic rings. The lowest BCUT2D eigenvalue weighted by atomic mass is 10.3. The molecule has 0 spiro atoms. The SMILES string of the molecule is CCN(c1cccnc1)c1ccccn1.Cl. The second kappa shape index (κ2) is 6.08. The number of aromatic nitrogens is 2. The van der Waals surface area contributed by atoms with Gasteiger partial charge >= 0.3 is 0 Å². The first-order chi connectivity index (χ1) is 7.42. The molecular formula is C12H14ClN3. The van der Waals surface area contributed by atoms with Crippen LogP contribution in [0, 0.1) is 0 Å². The van der Waals surface area contributed by atoms with E-state index in [0.717, 1.165) is 18.1 Å². The Hall–Kier alpha value is -1.61. The summed E-state index contributed by atoms with van der Waals surface area (Å²) in [6.45, 7) is 2.98. The molecule has 0 N–H and O–H groups in total. The van der Waals surface area contributed by atoms with Gasteiger partial charge in [-0.2, -0.15) is 0 Å². The highest BCUT2D eigenvalue weighted by atomic mass is 35.5. The Morgan fingerprint density at radius 3 is 2.56 bits per heavy atom. The highest BCUT2D eigenvalue weighted by Gasteiger charge is 2.06. The van der Waals surface area contributed by atoms with Crippen LogP contribution in [0.5, 0.6) is 0 Å². The van der Waals surface area contributed by atoms with Crippen LogP contribution < -0.4 is 4.90 Å². The highest BCUT2D eigenvalue weighted by molar-refractivity contribution is 5.85. The van der Waals surface area contributed by atoms with Crippen LogP contribution in [0.2, 0.25) is 0 Å². The Balaban J connectivity index is 0.00000128. The Labute approximate surface area is 102 Å². The zero-order chi connectivity index (χ0) is 10.5. The van der Waals surface area contributed by atoms with Crippen LogP contribution in [0.25, 0.3) is 0 Å². The molecule has 4 heteroatoms. The smallest absolute Gasteiger partial charge is 0.132 e. The van der Waals surface area contributed by atoms with Crippen molar-refractivity contribution in [1.29, 1.82) is 0 Å². The molecule has 0 atom stereocenters. The van der Waals surface area contributed by atoms with Crippen LogP contribution in [0.15, 0.2) is 48.9 Å². The Morgan fingerprint density at radius 2 is 2.00 bits per heavy atom. The van der Waals surface area contributed by atoms with Crippen molar-refractivity contribution in [1.82, 2.24) is 9.97 Å². The quantitative estimate of drug-likeness (QED) is 0.819. The molecule has 2 aromatic rings. The maximum Gasteiger partial charge on any atom is 0.132 e. The fourth-order valence-corrected chi connectivity index (χ4v) is 1.50. The van der Waals surface area contributed by atoms with Crippen LogP contribution in [-0.2, 0) is 0 Å². The average molecular weight is 236 g/mol. The van der Waals surface area contributed by atoms with Gasteiger partial charge in [0.2, 0.25) is 0 Å². The largest absolute Gasteiger partial charge is 0.325 e. The number of pyridine rings is 2. The van der Waals surface area contributed by atoms with E-state index in [4.69, 9.17) is 0 Å². The van der Waals surface area contributed by atoms with Crippen molar-refractivity contribution in [2.45, 2.75) is 6.92 Å². The van der Waals surface area contributed by atoms with Gasteiger partial charge in [0, 0.05) is 18.9 Å². The standard InChI is InChI=1S/C12H13N3.ClH/c1-2-15(11-6-5-8-13-10-11)12-7-3-4-9-14-12;/h3-10H,2H2,1H3;1H. The van der Waals surface area contributed by atoms with Gasteiger partial charge in [0.25, 0.3) is 0 Å². The van der Waals surface area contributed by atoms with Crippen molar-refractivity contribution in [3.8, 4) is 0 Å². The molecule has 0 amide bonds. The number of nitrogens with zero attached hydrogens (tertiary/aromatic N) is 3. The van der Waals surface area contributed by atoms with Crippen LogP contribution in [0.3, 0.4) is 0 Å². The Kier molecular flexibility index (Phi) is 4.73. The first-order valence-corrected chi connectivity index (χ1v) is 5.00. The molecule has 2 heterocycles. The number of hydrogen-bond donors (Lipinski definition) is 0. The summed E-state index contributed by atoms with van der Waals surface area (Å²) in [5, 5.41) is 0. The lowest BCUT2D eigenvalue weighted by Crippen LogP contribution is -2.17. The Bertz CT molecular complexity index is 366. The van der Waals surface area contributed by atoms with E-state index in [-0.39, 0.29) is 12.4 Å². The average Bonchev–Trinajstić information content (AvgIpc) is 2.33. The van der Waals surface area contributed by atoms with Crippen molar-refractivity contribution in [2.75, 3.05) is 11.4 Å². The summed E-state index contributed by atoms with van der Waals surface area (Å²) in [6, 6.07) is 9.87. The zero-order valence-electron chi connectivity index (χ0n) is 9.08. The molecule has 0 aromatic carbocycles. The summed E-state index contributed by atoms with van der Waals surface area (Å²) in [7, 11) is 0. The van der Waals surface area contributed by atoms with E-state index in [1.54, 1.807) is 12.4 Å². The first-order valence-electron chi connectivity index (χ1n) is 5.00.